The molecule has 0 bridgehead atoms. The Morgan fingerprint density at radius 3 is 2.89 bits per heavy atom. The van der Waals surface area contributed by atoms with Crippen molar-refractivity contribution in [2.45, 2.75) is 109 Å². The van der Waals surface area contributed by atoms with Gasteiger partial charge in [-0.05, 0) is 93.0 Å². The van der Waals surface area contributed by atoms with Crippen molar-refractivity contribution in [1.82, 2.24) is 20.3 Å². The van der Waals surface area contributed by atoms with Crippen molar-refractivity contribution in [2.75, 3.05) is 6.54 Å². The van der Waals surface area contributed by atoms with Crippen molar-refractivity contribution in [2.24, 2.45) is 35.0 Å². The Hall–Kier alpha value is -1.50. The summed E-state index contributed by atoms with van der Waals surface area (Å²) < 4.78 is 7.26. The van der Waals surface area contributed by atoms with E-state index >= 15 is 0 Å². The van der Waals surface area contributed by atoms with Crippen LogP contribution in [0.5, 0.6) is 0 Å². The first-order chi connectivity index (χ1) is 17.3. The van der Waals surface area contributed by atoms with E-state index in [1.54, 1.807) is 16.7 Å². The maximum Gasteiger partial charge on any atom is 0.0964 e. The maximum absolute atomic E-state index is 10.4. The molecule has 0 unspecified atom stereocenters. The molecule has 6 aliphatic rings. The number of hydrogen-bond acceptors (Lipinski definition) is 5. The van der Waals surface area contributed by atoms with Gasteiger partial charge in [0.25, 0.3) is 0 Å². The second-order valence-electron chi connectivity index (χ2n) is 13.6. The summed E-state index contributed by atoms with van der Waals surface area (Å²) in [5.41, 5.74) is 6.09. The number of aliphatic hydroxyl groups is 1. The Balaban J connectivity index is 1.20. The average Bonchev–Trinajstić information content (AvgIpc) is 3.55. The van der Waals surface area contributed by atoms with Crippen LogP contribution in [0, 0.1) is 35.0 Å². The van der Waals surface area contributed by atoms with Gasteiger partial charge >= 0.3 is 0 Å². The SMILES string of the molecule is CC1=C2C[C@H]3[C@@H](CC=C4C[C@@H](O)CC[C@@]43C)[C@@H]2CC[C@]12O[C@@H]1C[C@H](C)CN(Cc3cn[nH]n3)[C@H]1[C@H]2C. The Morgan fingerprint density at radius 2 is 2.08 bits per heavy atom. The van der Waals surface area contributed by atoms with E-state index in [1.807, 2.05) is 6.20 Å². The van der Waals surface area contributed by atoms with Crippen LogP contribution < -0.4 is 0 Å². The summed E-state index contributed by atoms with van der Waals surface area (Å²) in [4.78, 5) is 2.65. The molecule has 0 amide bonds. The summed E-state index contributed by atoms with van der Waals surface area (Å²) >= 11 is 0. The van der Waals surface area contributed by atoms with Gasteiger partial charge in [-0.25, -0.2) is 0 Å². The third kappa shape index (κ3) is 3.26. The molecule has 4 aliphatic carbocycles. The van der Waals surface area contributed by atoms with Crippen LogP contribution in [0.1, 0.15) is 84.8 Å². The van der Waals surface area contributed by atoms with Crippen LogP contribution in [-0.4, -0.2) is 55.8 Å². The van der Waals surface area contributed by atoms with E-state index in [0.29, 0.717) is 24.0 Å². The molecule has 2 aliphatic heterocycles. The lowest BCUT2D eigenvalue weighted by molar-refractivity contribution is -0.0657. The maximum atomic E-state index is 10.4. The fraction of sp³-hybridized carbons (Fsp3) is 0.800. The topological polar surface area (TPSA) is 74.3 Å². The van der Waals surface area contributed by atoms with E-state index in [2.05, 4.69) is 54.1 Å². The quantitative estimate of drug-likeness (QED) is 0.566. The Morgan fingerprint density at radius 1 is 1.22 bits per heavy atom. The van der Waals surface area contributed by atoms with Gasteiger partial charge in [0.05, 0.1) is 29.7 Å². The van der Waals surface area contributed by atoms with Crippen molar-refractivity contribution in [1.29, 1.82) is 0 Å². The highest BCUT2D eigenvalue weighted by atomic mass is 16.5. The van der Waals surface area contributed by atoms with Gasteiger partial charge < -0.3 is 9.84 Å². The van der Waals surface area contributed by atoms with Gasteiger partial charge in [-0.15, -0.1) is 0 Å². The number of likely N-dealkylation sites (tertiary alicyclic amines) is 1. The standard InChI is InChI=1S/C30H44N4O2/c1-17-11-27-28(34(15-17)16-21-14-31-33-32-21)19(3)30(36-27)10-8-23-24-6-5-20-12-22(35)7-9-29(20,4)26(24)13-25(23)18(30)2/h5,14,17,19,22-24,26-28,35H,6-13,15-16H2,1-4H3,(H,31,32,33)/t17-,19+,22-,23-,24-,26-,27+,28-,29-,30-/m0/s1. The molecule has 36 heavy (non-hydrogen) atoms. The second-order valence-corrected chi connectivity index (χ2v) is 13.6. The van der Waals surface area contributed by atoms with Gasteiger partial charge in [0, 0.05) is 25.0 Å². The monoisotopic (exact) mass is 492 g/mol. The molecule has 2 saturated carbocycles. The molecule has 2 saturated heterocycles. The van der Waals surface area contributed by atoms with Crippen LogP contribution in [0.3, 0.4) is 0 Å². The number of nitrogens with one attached hydrogen (secondary N) is 1. The molecule has 196 valence electrons. The smallest absolute Gasteiger partial charge is 0.0964 e. The number of allylic oxidation sites excluding steroid dienone is 2. The number of ether oxygens (including phenoxy) is 1. The van der Waals surface area contributed by atoms with Crippen LogP contribution in [0.15, 0.2) is 29.0 Å². The van der Waals surface area contributed by atoms with E-state index in [-0.39, 0.29) is 17.1 Å². The molecule has 10 atom stereocenters. The summed E-state index contributed by atoms with van der Waals surface area (Å²) in [6.45, 7) is 11.8. The minimum absolute atomic E-state index is 0.110. The summed E-state index contributed by atoms with van der Waals surface area (Å²) in [7, 11) is 0. The summed E-state index contributed by atoms with van der Waals surface area (Å²) in [6, 6.07) is 0.444. The molecule has 3 heterocycles. The van der Waals surface area contributed by atoms with Crippen LogP contribution >= 0.6 is 0 Å². The first-order valence-electron chi connectivity index (χ1n) is 14.6. The lowest BCUT2D eigenvalue weighted by Gasteiger charge is -2.49. The van der Waals surface area contributed by atoms with Crippen molar-refractivity contribution in [3.05, 3.63) is 34.7 Å². The lowest BCUT2D eigenvalue weighted by atomic mass is 9.56. The van der Waals surface area contributed by atoms with Crippen LogP contribution in [0.25, 0.3) is 0 Å². The number of nitrogens with zero attached hydrogens (tertiary/aromatic N) is 3. The largest absolute Gasteiger partial charge is 0.393 e. The average molecular weight is 493 g/mol. The molecule has 1 aromatic rings. The van der Waals surface area contributed by atoms with Crippen LogP contribution in [0.4, 0.5) is 0 Å². The number of fused-ring (bicyclic) bond motifs is 6. The molecule has 6 heteroatoms. The van der Waals surface area contributed by atoms with E-state index in [9.17, 15) is 5.11 Å². The predicted octanol–water partition coefficient (Wildman–Crippen LogP) is 5.03. The van der Waals surface area contributed by atoms with E-state index in [1.165, 1.54) is 25.7 Å². The van der Waals surface area contributed by atoms with Crippen molar-refractivity contribution in [3.63, 3.8) is 0 Å². The molecule has 0 aromatic carbocycles. The van der Waals surface area contributed by atoms with Gasteiger partial charge in [-0.2, -0.15) is 15.4 Å². The number of rotatable bonds is 2. The highest BCUT2D eigenvalue weighted by Gasteiger charge is 2.61. The lowest BCUT2D eigenvalue weighted by Crippen LogP contribution is -2.51. The zero-order valence-electron chi connectivity index (χ0n) is 22.5. The molecule has 1 aromatic heterocycles. The highest BCUT2D eigenvalue weighted by Crippen LogP contribution is 2.65. The summed E-state index contributed by atoms with van der Waals surface area (Å²) in [5, 5.41) is 21.6. The van der Waals surface area contributed by atoms with E-state index < -0.39 is 0 Å². The number of aromatic nitrogens is 3. The fourth-order valence-electron chi connectivity index (χ4n) is 10.2. The number of aromatic amines is 1. The molecule has 0 radical (unpaired) electrons. The second kappa shape index (κ2) is 8.25. The van der Waals surface area contributed by atoms with Crippen molar-refractivity contribution >= 4 is 0 Å². The minimum Gasteiger partial charge on any atom is -0.393 e. The van der Waals surface area contributed by atoms with Crippen LogP contribution in [0.2, 0.25) is 0 Å². The third-order valence-electron chi connectivity index (χ3n) is 11.9. The molecular weight excluding hydrogens is 448 g/mol. The fourth-order valence-corrected chi connectivity index (χ4v) is 10.2. The van der Waals surface area contributed by atoms with Crippen molar-refractivity contribution in [3.8, 4) is 0 Å². The van der Waals surface area contributed by atoms with Gasteiger partial charge in [-0.1, -0.05) is 38.0 Å². The predicted molar refractivity (Wildman–Crippen MR) is 139 cm³/mol. The van der Waals surface area contributed by atoms with Crippen molar-refractivity contribution < 1.29 is 9.84 Å². The molecule has 7 rings (SSSR count). The molecule has 6 nitrogen and oxygen atoms in total. The van der Waals surface area contributed by atoms with Gasteiger partial charge in [0.1, 0.15) is 0 Å². The number of aliphatic hydroxyl groups excluding tert-OH is 1. The Labute approximate surface area is 215 Å². The number of piperidine rings is 1. The first-order valence-corrected chi connectivity index (χ1v) is 14.6. The molecule has 2 N–H and O–H groups in total. The van der Waals surface area contributed by atoms with Gasteiger partial charge in [-0.3, -0.25) is 4.90 Å². The van der Waals surface area contributed by atoms with Crippen LogP contribution in [-0.2, 0) is 11.3 Å². The minimum atomic E-state index is -0.132. The molecular formula is C30H44N4O2. The normalized spacial score (nSPS) is 48.4. The number of hydrogen-bond donors (Lipinski definition) is 2. The third-order valence-corrected chi connectivity index (χ3v) is 11.9. The first kappa shape index (κ1) is 23.6. The van der Waals surface area contributed by atoms with E-state index in [0.717, 1.165) is 62.2 Å². The summed E-state index contributed by atoms with van der Waals surface area (Å²) in [6.07, 6.45) is 13.7. The number of H-pyrrole nitrogens is 1. The highest BCUT2D eigenvalue weighted by molar-refractivity contribution is 5.38. The zero-order valence-corrected chi connectivity index (χ0v) is 22.5. The zero-order chi connectivity index (χ0) is 24.8. The Bertz CT molecular complexity index is 1080. The van der Waals surface area contributed by atoms with Gasteiger partial charge in [0.15, 0.2) is 0 Å². The van der Waals surface area contributed by atoms with E-state index in [4.69, 9.17) is 4.74 Å². The van der Waals surface area contributed by atoms with Gasteiger partial charge in [0.2, 0.25) is 0 Å². The molecule has 4 fully saturated rings. The Kier molecular flexibility index (Phi) is 5.41. The summed E-state index contributed by atoms with van der Waals surface area (Å²) in [5.74, 6) is 3.35. The molecule has 1 spiro atoms.